The van der Waals surface area contributed by atoms with Gasteiger partial charge in [0.2, 0.25) is 0 Å². The molecule has 4 heteroatoms. The summed E-state index contributed by atoms with van der Waals surface area (Å²) < 4.78 is 16.4. The van der Waals surface area contributed by atoms with Crippen LogP contribution in [0.1, 0.15) is 11.1 Å². The highest BCUT2D eigenvalue weighted by Crippen LogP contribution is 2.32. The third-order valence-corrected chi connectivity index (χ3v) is 4.71. The van der Waals surface area contributed by atoms with Crippen LogP contribution < -0.4 is 9.47 Å². The first-order chi connectivity index (χ1) is 11.7. The fourth-order valence-corrected chi connectivity index (χ4v) is 3.34. The van der Waals surface area contributed by atoms with Crippen LogP contribution in [0.5, 0.6) is 17.2 Å². The second-order valence-electron chi connectivity index (χ2n) is 6.32. The molecule has 0 radical (unpaired) electrons. The lowest BCUT2D eigenvalue weighted by atomic mass is 9.85. The van der Waals surface area contributed by atoms with Crippen LogP contribution in [0.4, 0.5) is 0 Å². The molecular weight excluding hydrogens is 304 g/mol. The number of methoxy groups -OCH3 is 2. The van der Waals surface area contributed by atoms with Crippen molar-refractivity contribution in [2.45, 2.75) is 12.8 Å². The van der Waals surface area contributed by atoms with Crippen LogP contribution in [-0.2, 0) is 17.6 Å². The lowest BCUT2D eigenvalue weighted by molar-refractivity contribution is 0.180. The summed E-state index contributed by atoms with van der Waals surface area (Å²) in [7, 11) is 3.31. The molecule has 1 N–H and O–H groups in total. The second kappa shape index (κ2) is 7.58. The Labute approximate surface area is 143 Å². The van der Waals surface area contributed by atoms with Crippen molar-refractivity contribution < 1.29 is 19.3 Å². The first-order valence-electron chi connectivity index (χ1n) is 8.26. The van der Waals surface area contributed by atoms with Gasteiger partial charge in [0.05, 0.1) is 27.4 Å². The lowest BCUT2D eigenvalue weighted by Gasteiger charge is -2.18. The summed E-state index contributed by atoms with van der Waals surface area (Å²) in [4.78, 5) is 0. The Morgan fingerprint density at radius 1 is 0.875 bits per heavy atom. The van der Waals surface area contributed by atoms with Crippen LogP contribution in [0, 0.1) is 11.8 Å². The minimum atomic E-state index is 0.309. The van der Waals surface area contributed by atoms with Gasteiger partial charge in [0.25, 0.3) is 0 Å². The van der Waals surface area contributed by atoms with E-state index >= 15 is 0 Å². The van der Waals surface area contributed by atoms with E-state index in [9.17, 15) is 5.11 Å². The van der Waals surface area contributed by atoms with Crippen LogP contribution >= 0.6 is 0 Å². The minimum Gasteiger partial charge on any atom is -0.508 e. The Morgan fingerprint density at radius 3 is 2.08 bits per heavy atom. The average molecular weight is 328 g/mol. The molecular formula is C20H24O4. The number of hydrogen-bond acceptors (Lipinski definition) is 4. The van der Waals surface area contributed by atoms with Gasteiger partial charge in [-0.25, -0.2) is 0 Å². The summed E-state index contributed by atoms with van der Waals surface area (Å²) in [6.45, 7) is 1.58. The summed E-state index contributed by atoms with van der Waals surface area (Å²) in [5, 5.41) is 9.41. The van der Waals surface area contributed by atoms with Crippen molar-refractivity contribution in [3.8, 4) is 17.2 Å². The number of benzene rings is 2. The highest BCUT2D eigenvalue weighted by Gasteiger charge is 2.28. The van der Waals surface area contributed by atoms with Crippen LogP contribution in [0.25, 0.3) is 0 Å². The first kappa shape index (κ1) is 16.7. The molecule has 3 rings (SSSR count). The zero-order valence-corrected chi connectivity index (χ0v) is 14.2. The highest BCUT2D eigenvalue weighted by atomic mass is 16.5. The van der Waals surface area contributed by atoms with Gasteiger partial charge in [0, 0.05) is 0 Å². The molecule has 1 aliphatic heterocycles. The maximum absolute atomic E-state index is 9.41. The maximum Gasteiger partial charge on any atom is 0.160 e. The summed E-state index contributed by atoms with van der Waals surface area (Å²) in [5.74, 6) is 2.80. The van der Waals surface area contributed by atoms with Crippen molar-refractivity contribution in [3.63, 3.8) is 0 Å². The summed E-state index contributed by atoms with van der Waals surface area (Å²) in [6, 6.07) is 13.6. The largest absolute Gasteiger partial charge is 0.508 e. The van der Waals surface area contributed by atoms with E-state index in [1.165, 1.54) is 11.1 Å². The molecule has 2 atom stereocenters. The van der Waals surface area contributed by atoms with Crippen LogP contribution in [0.15, 0.2) is 42.5 Å². The van der Waals surface area contributed by atoms with Gasteiger partial charge < -0.3 is 19.3 Å². The number of rotatable bonds is 6. The van der Waals surface area contributed by atoms with Crippen molar-refractivity contribution in [3.05, 3.63) is 53.6 Å². The molecule has 2 aromatic carbocycles. The smallest absolute Gasteiger partial charge is 0.160 e. The molecule has 0 bridgehead atoms. The van der Waals surface area contributed by atoms with Gasteiger partial charge in [-0.3, -0.25) is 0 Å². The van der Waals surface area contributed by atoms with Crippen LogP contribution in [0.2, 0.25) is 0 Å². The van der Waals surface area contributed by atoms with E-state index in [2.05, 4.69) is 12.1 Å². The van der Waals surface area contributed by atoms with E-state index in [1.54, 1.807) is 26.4 Å². The highest BCUT2D eigenvalue weighted by molar-refractivity contribution is 5.43. The molecule has 128 valence electrons. The fourth-order valence-electron chi connectivity index (χ4n) is 3.34. The number of phenolic OH excluding ortho intramolecular Hbond substituents is 1. The molecule has 1 aliphatic rings. The van der Waals surface area contributed by atoms with E-state index < -0.39 is 0 Å². The molecule has 1 heterocycles. The molecule has 4 nitrogen and oxygen atoms in total. The monoisotopic (exact) mass is 328 g/mol. The van der Waals surface area contributed by atoms with Gasteiger partial charge in [-0.05, 0) is 60.1 Å². The summed E-state index contributed by atoms with van der Waals surface area (Å²) in [6.07, 6.45) is 1.93. The predicted octanol–water partition coefficient (Wildman–Crippen LogP) is 3.46. The summed E-state index contributed by atoms with van der Waals surface area (Å²) in [5.41, 5.74) is 2.47. The number of aromatic hydroxyl groups is 1. The Morgan fingerprint density at radius 2 is 1.46 bits per heavy atom. The van der Waals surface area contributed by atoms with Crippen LogP contribution in [0.3, 0.4) is 0 Å². The molecule has 24 heavy (non-hydrogen) atoms. The normalized spacial score (nSPS) is 20.1. The van der Waals surface area contributed by atoms with E-state index in [4.69, 9.17) is 14.2 Å². The number of phenols is 1. The Bertz CT molecular complexity index is 666. The second-order valence-corrected chi connectivity index (χ2v) is 6.32. The third kappa shape index (κ3) is 3.82. The zero-order chi connectivity index (χ0) is 16.9. The number of hydrogen-bond donors (Lipinski definition) is 1. The first-order valence-corrected chi connectivity index (χ1v) is 8.26. The predicted molar refractivity (Wildman–Crippen MR) is 92.9 cm³/mol. The van der Waals surface area contributed by atoms with Crippen molar-refractivity contribution in [1.82, 2.24) is 0 Å². The molecule has 0 aromatic heterocycles. The molecule has 0 saturated carbocycles. The Balaban J connectivity index is 1.68. The van der Waals surface area contributed by atoms with Crippen LogP contribution in [-0.4, -0.2) is 32.5 Å². The molecule has 1 fully saturated rings. The topological polar surface area (TPSA) is 47.9 Å². The zero-order valence-electron chi connectivity index (χ0n) is 14.2. The third-order valence-electron chi connectivity index (χ3n) is 4.71. The van der Waals surface area contributed by atoms with E-state index in [1.807, 2.05) is 18.2 Å². The van der Waals surface area contributed by atoms with Crippen molar-refractivity contribution in [2.24, 2.45) is 11.8 Å². The van der Waals surface area contributed by atoms with E-state index in [0.717, 1.165) is 37.6 Å². The molecule has 1 saturated heterocycles. The quantitative estimate of drug-likeness (QED) is 0.882. The molecule has 2 aromatic rings. The van der Waals surface area contributed by atoms with Gasteiger partial charge in [0.15, 0.2) is 11.5 Å². The Kier molecular flexibility index (Phi) is 5.26. The van der Waals surface area contributed by atoms with E-state index in [-0.39, 0.29) is 0 Å². The van der Waals surface area contributed by atoms with Gasteiger partial charge in [-0.2, -0.15) is 0 Å². The van der Waals surface area contributed by atoms with Gasteiger partial charge in [0.1, 0.15) is 5.75 Å². The van der Waals surface area contributed by atoms with Crippen molar-refractivity contribution >= 4 is 0 Å². The van der Waals surface area contributed by atoms with Gasteiger partial charge in [-0.15, -0.1) is 0 Å². The van der Waals surface area contributed by atoms with E-state index in [0.29, 0.717) is 17.6 Å². The standard InChI is InChI=1S/C20H24O4/c1-22-19-8-5-15(11-20(19)23-2)10-17-13-24-12-16(17)9-14-3-6-18(21)7-4-14/h3-8,11,16-17,21H,9-10,12-13H2,1-2H3/t16-,17-/m0/s1. The molecule has 0 aliphatic carbocycles. The molecule has 0 unspecified atom stereocenters. The van der Waals surface area contributed by atoms with Gasteiger partial charge in [-0.1, -0.05) is 18.2 Å². The molecule has 0 amide bonds. The average Bonchev–Trinajstić information content (AvgIpc) is 3.03. The Hall–Kier alpha value is -2.20. The van der Waals surface area contributed by atoms with Gasteiger partial charge >= 0.3 is 0 Å². The SMILES string of the molecule is COc1ccc(C[C@H]2COC[C@@H]2Cc2ccc(O)cc2)cc1OC. The lowest BCUT2D eigenvalue weighted by Crippen LogP contribution is -2.17. The minimum absolute atomic E-state index is 0.309. The fraction of sp³-hybridized carbons (Fsp3) is 0.400. The number of ether oxygens (including phenoxy) is 3. The van der Waals surface area contributed by atoms with Crippen molar-refractivity contribution in [1.29, 1.82) is 0 Å². The maximum atomic E-state index is 9.41. The van der Waals surface area contributed by atoms with Crippen molar-refractivity contribution in [2.75, 3.05) is 27.4 Å². The summed E-state index contributed by atoms with van der Waals surface area (Å²) >= 11 is 0. The molecule has 0 spiro atoms.